The predicted octanol–water partition coefficient (Wildman–Crippen LogP) is 3.97. The summed E-state index contributed by atoms with van der Waals surface area (Å²) in [5.74, 6) is 0. The minimum atomic E-state index is -3.41. The Labute approximate surface area is 168 Å². The van der Waals surface area contributed by atoms with E-state index in [0.717, 1.165) is 43.6 Å². The van der Waals surface area contributed by atoms with Crippen LogP contribution in [0.3, 0.4) is 0 Å². The van der Waals surface area contributed by atoms with Crippen molar-refractivity contribution >= 4 is 28.5 Å². The van der Waals surface area contributed by atoms with Crippen LogP contribution in [0.1, 0.15) is 29.5 Å². The Morgan fingerprint density at radius 2 is 1.67 bits per heavy atom. The van der Waals surface area contributed by atoms with Gasteiger partial charge in [0.15, 0.2) is 0 Å². The molecule has 0 aliphatic carbocycles. The van der Waals surface area contributed by atoms with E-state index >= 15 is 0 Å². The normalized spacial score (nSPS) is 16.3. The Kier molecular flexibility index (Phi) is 8.05. The van der Waals surface area contributed by atoms with Crippen LogP contribution < -0.4 is 4.72 Å². The molecule has 4 nitrogen and oxygen atoms in total. The van der Waals surface area contributed by atoms with Crippen molar-refractivity contribution in [2.75, 3.05) is 13.1 Å². The number of piperidine rings is 1. The van der Waals surface area contributed by atoms with E-state index in [2.05, 4.69) is 33.9 Å². The van der Waals surface area contributed by atoms with Gasteiger partial charge in [0.2, 0.25) is 10.0 Å². The maximum absolute atomic E-state index is 12.3. The smallest absolute Gasteiger partial charge is 0.233 e. The second-order valence-electron chi connectivity index (χ2n) is 6.91. The number of hydrogen-bond acceptors (Lipinski definition) is 3. The molecule has 1 heterocycles. The van der Waals surface area contributed by atoms with E-state index in [1.54, 1.807) is 6.08 Å². The number of likely N-dealkylation sites (tertiary alicyclic amines) is 1. The molecular formula is C21H27ClN2O2S. The molecule has 0 unspecified atom stereocenters. The number of sulfonamides is 1. The third-order valence-electron chi connectivity index (χ3n) is 4.68. The van der Waals surface area contributed by atoms with Crippen molar-refractivity contribution in [1.29, 1.82) is 0 Å². The molecule has 146 valence electrons. The van der Waals surface area contributed by atoms with Gasteiger partial charge in [-0.15, -0.1) is 12.4 Å². The molecule has 0 radical (unpaired) electrons. The number of nitrogens with one attached hydrogen (secondary N) is 1. The first-order valence-corrected chi connectivity index (χ1v) is 10.6. The van der Waals surface area contributed by atoms with Crippen LogP contribution in [0.25, 0.3) is 6.08 Å². The van der Waals surface area contributed by atoms with Crippen LogP contribution in [0.5, 0.6) is 0 Å². The minimum absolute atomic E-state index is 0. The lowest BCUT2D eigenvalue weighted by atomic mass is 10.1. The largest absolute Gasteiger partial charge is 0.299 e. The molecule has 2 aromatic carbocycles. The third-order valence-corrected chi connectivity index (χ3v) is 5.84. The first-order chi connectivity index (χ1) is 12.5. The van der Waals surface area contributed by atoms with Gasteiger partial charge in [0.05, 0.1) is 0 Å². The van der Waals surface area contributed by atoms with E-state index in [1.807, 2.05) is 37.3 Å². The maximum atomic E-state index is 12.3. The summed E-state index contributed by atoms with van der Waals surface area (Å²) in [7, 11) is -3.41. The van der Waals surface area contributed by atoms with Gasteiger partial charge in [-0.05, 0) is 37.0 Å². The monoisotopic (exact) mass is 406 g/mol. The molecular weight excluding hydrogens is 380 g/mol. The highest BCUT2D eigenvalue weighted by molar-refractivity contribution is 7.92. The van der Waals surface area contributed by atoms with Gasteiger partial charge in [-0.25, -0.2) is 13.1 Å². The van der Waals surface area contributed by atoms with Crippen LogP contribution in [0.15, 0.2) is 60.0 Å². The fourth-order valence-electron chi connectivity index (χ4n) is 3.17. The zero-order valence-electron chi connectivity index (χ0n) is 15.5. The molecule has 0 amide bonds. The molecule has 0 aromatic heterocycles. The molecule has 1 N–H and O–H groups in total. The van der Waals surface area contributed by atoms with Gasteiger partial charge in [0.1, 0.15) is 0 Å². The average Bonchev–Trinajstić information content (AvgIpc) is 2.64. The molecule has 1 saturated heterocycles. The van der Waals surface area contributed by atoms with E-state index in [-0.39, 0.29) is 18.4 Å². The first kappa shape index (κ1) is 21.6. The number of aryl methyl sites for hydroxylation is 1. The summed E-state index contributed by atoms with van der Waals surface area (Å²) < 4.78 is 27.4. The summed E-state index contributed by atoms with van der Waals surface area (Å²) in [4.78, 5) is 2.38. The molecule has 3 rings (SSSR count). The van der Waals surface area contributed by atoms with Crippen LogP contribution in [0.2, 0.25) is 0 Å². The lowest BCUT2D eigenvalue weighted by molar-refractivity contribution is 0.200. The molecule has 0 bridgehead atoms. The van der Waals surface area contributed by atoms with E-state index < -0.39 is 10.0 Å². The molecule has 0 atom stereocenters. The van der Waals surface area contributed by atoms with Crippen molar-refractivity contribution in [3.8, 4) is 0 Å². The summed E-state index contributed by atoms with van der Waals surface area (Å²) in [6, 6.07) is 18.2. The zero-order valence-corrected chi connectivity index (χ0v) is 17.2. The molecule has 0 spiro atoms. The van der Waals surface area contributed by atoms with Crippen molar-refractivity contribution in [3.05, 3.63) is 76.7 Å². The first-order valence-electron chi connectivity index (χ1n) is 9.03. The Hall–Kier alpha value is -1.66. The molecule has 6 heteroatoms. The van der Waals surface area contributed by atoms with Crippen LogP contribution >= 0.6 is 12.4 Å². The molecule has 1 aliphatic rings. The fraction of sp³-hybridized carbons (Fsp3) is 0.333. The Balaban J connectivity index is 0.00000261. The lowest BCUT2D eigenvalue weighted by Gasteiger charge is -2.31. The van der Waals surface area contributed by atoms with Crippen LogP contribution in [-0.2, 0) is 16.6 Å². The van der Waals surface area contributed by atoms with Crippen molar-refractivity contribution in [2.24, 2.45) is 0 Å². The second-order valence-corrected chi connectivity index (χ2v) is 8.51. The number of hydrogen-bond donors (Lipinski definition) is 1. The van der Waals surface area contributed by atoms with Gasteiger partial charge >= 0.3 is 0 Å². The zero-order chi connectivity index (χ0) is 18.4. The van der Waals surface area contributed by atoms with E-state index in [0.29, 0.717) is 0 Å². The van der Waals surface area contributed by atoms with Crippen molar-refractivity contribution in [3.63, 3.8) is 0 Å². The number of benzene rings is 2. The van der Waals surface area contributed by atoms with E-state index in [9.17, 15) is 8.42 Å². The third kappa shape index (κ3) is 7.11. The quantitative estimate of drug-likeness (QED) is 0.789. The van der Waals surface area contributed by atoms with E-state index in [1.165, 1.54) is 11.0 Å². The van der Waals surface area contributed by atoms with Crippen molar-refractivity contribution in [2.45, 2.75) is 32.4 Å². The van der Waals surface area contributed by atoms with E-state index in [4.69, 9.17) is 0 Å². The van der Waals surface area contributed by atoms with Crippen LogP contribution in [0.4, 0.5) is 0 Å². The highest BCUT2D eigenvalue weighted by atomic mass is 35.5. The van der Waals surface area contributed by atoms with Crippen LogP contribution in [0, 0.1) is 6.92 Å². The minimum Gasteiger partial charge on any atom is -0.299 e. The average molecular weight is 407 g/mol. The number of halogens is 1. The summed E-state index contributed by atoms with van der Waals surface area (Å²) in [6.07, 6.45) is 3.32. The van der Waals surface area contributed by atoms with Crippen molar-refractivity contribution in [1.82, 2.24) is 9.62 Å². The fourth-order valence-corrected chi connectivity index (χ4v) is 4.28. The Bertz CT molecular complexity index is 828. The summed E-state index contributed by atoms with van der Waals surface area (Å²) >= 11 is 0. The predicted molar refractivity (Wildman–Crippen MR) is 114 cm³/mol. The topological polar surface area (TPSA) is 49.4 Å². The summed E-state index contributed by atoms with van der Waals surface area (Å²) in [5, 5.41) is 1.27. The molecule has 1 fully saturated rings. The van der Waals surface area contributed by atoms with Gasteiger partial charge in [-0.3, -0.25) is 4.90 Å². The van der Waals surface area contributed by atoms with Gasteiger partial charge in [-0.1, -0.05) is 60.2 Å². The highest BCUT2D eigenvalue weighted by Crippen LogP contribution is 2.15. The molecule has 2 aromatic rings. The number of nitrogens with zero attached hydrogens (tertiary/aromatic N) is 1. The number of rotatable bonds is 6. The lowest BCUT2D eigenvalue weighted by Crippen LogP contribution is -2.43. The van der Waals surface area contributed by atoms with Gasteiger partial charge in [0, 0.05) is 31.1 Å². The molecule has 0 saturated carbocycles. The standard InChI is InChI=1S/C21H26N2O2S.ClH/c1-18-7-9-19(10-8-18)13-16-26(24,25)22-21-11-14-23(15-12-21)17-20-5-3-2-4-6-20;/h2-10,13,16,21-22H,11-12,14-15,17H2,1H3;1H/b16-13+;. The van der Waals surface area contributed by atoms with Crippen molar-refractivity contribution < 1.29 is 8.42 Å². The second kappa shape index (κ2) is 10.0. The van der Waals surface area contributed by atoms with Gasteiger partial charge < -0.3 is 0 Å². The highest BCUT2D eigenvalue weighted by Gasteiger charge is 2.22. The molecule has 1 aliphatic heterocycles. The Morgan fingerprint density at radius 3 is 2.30 bits per heavy atom. The van der Waals surface area contributed by atoms with Gasteiger partial charge in [-0.2, -0.15) is 0 Å². The summed E-state index contributed by atoms with van der Waals surface area (Å²) in [6.45, 7) is 4.75. The maximum Gasteiger partial charge on any atom is 0.233 e. The van der Waals surface area contributed by atoms with Gasteiger partial charge in [0.25, 0.3) is 0 Å². The SMILES string of the molecule is Cc1ccc(/C=C/S(=O)(=O)NC2CCN(Cc3ccccc3)CC2)cc1.Cl. The Morgan fingerprint density at radius 1 is 1.04 bits per heavy atom. The van der Waals surface area contributed by atoms with Crippen LogP contribution in [-0.4, -0.2) is 32.4 Å². The summed E-state index contributed by atoms with van der Waals surface area (Å²) in [5.41, 5.74) is 3.34. The molecule has 27 heavy (non-hydrogen) atoms.